The van der Waals surface area contributed by atoms with Crippen molar-refractivity contribution in [1.82, 2.24) is 10.6 Å². The molecule has 8 heteroatoms. The summed E-state index contributed by atoms with van der Waals surface area (Å²) in [5.74, 6) is 0.0943. The van der Waals surface area contributed by atoms with E-state index >= 15 is 0 Å². The van der Waals surface area contributed by atoms with E-state index in [4.69, 9.17) is 9.47 Å². The number of rotatable bonds is 5. The van der Waals surface area contributed by atoms with Gasteiger partial charge in [-0.2, -0.15) is 0 Å². The van der Waals surface area contributed by atoms with Gasteiger partial charge in [-0.3, -0.25) is 14.4 Å². The SMILES string of the molecule is CNC(=O)c1ccc(NC(=O)CNC(=O)c2ccc3c(c2)OCO3)cc1. The molecule has 1 aliphatic heterocycles. The number of carbonyl (C=O) groups excluding carboxylic acids is 3. The summed E-state index contributed by atoms with van der Waals surface area (Å²) in [6, 6.07) is 11.2. The minimum atomic E-state index is -0.395. The molecule has 8 nitrogen and oxygen atoms in total. The number of fused-ring (bicyclic) bond motifs is 1. The molecule has 3 N–H and O–H groups in total. The highest BCUT2D eigenvalue weighted by molar-refractivity contribution is 6.00. The molecule has 0 atom stereocenters. The van der Waals surface area contributed by atoms with Crippen molar-refractivity contribution >= 4 is 23.4 Å². The summed E-state index contributed by atoms with van der Waals surface area (Å²) >= 11 is 0. The fourth-order valence-electron chi connectivity index (χ4n) is 2.35. The molecular weight excluding hydrogens is 338 g/mol. The third-order valence-corrected chi connectivity index (χ3v) is 3.70. The Morgan fingerprint density at radius 2 is 1.62 bits per heavy atom. The van der Waals surface area contributed by atoms with Crippen LogP contribution in [-0.2, 0) is 4.79 Å². The maximum absolute atomic E-state index is 12.1. The summed E-state index contributed by atoms with van der Waals surface area (Å²) in [6.07, 6.45) is 0. The summed E-state index contributed by atoms with van der Waals surface area (Å²) in [5, 5.41) is 7.70. The van der Waals surface area contributed by atoms with Crippen LogP contribution < -0.4 is 25.4 Å². The van der Waals surface area contributed by atoms with Crippen LogP contribution in [0.25, 0.3) is 0 Å². The first kappa shape index (κ1) is 17.3. The first-order chi connectivity index (χ1) is 12.6. The van der Waals surface area contributed by atoms with Gasteiger partial charge >= 0.3 is 0 Å². The van der Waals surface area contributed by atoms with Gasteiger partial charge in [0.25, 0.3) is 11.8 Å². The lowest BCUT2D eigenvalue weighted by Crippen LogP contribution is -2.32. The maximum atomic E-state index is 12.1. The molecule has 134 valence electrons. The number of amides is 3. The highest BCUT2D eigenvalue weighted by atomic mass is 16.7. The second kappa shape index (κ2) is 7.56. The Morgan fingerprint density at radius 1 is 0.923 bits per heavy atom. The number of nitrogens with one attached hydrogen (secondary N) is 3. The van der Waals surface area contributed by atoms with Crippen LogP contribution in [0.4, 0.5) is 5.69 Å². The first-order valence-electron chi connectivity index (χ1n) is 7.86. The average Bonchev–Trinajstić information content (AvgIpc) is 3.13. The molecular formula is C18H17N3O5. The number of carbonyl (C=O) groups is 3. The van der Waals surface area contributed by atoms with Crippen molar-refractivity contribution in [1.29, 1.82) is 0 Å². The van der Waals surface area contributed by atoms with Crippen LogP contribution >= 0.6 is 0 Å². The molecule has 0 aliphatic carbocycles. The molecule has 1 aliphatic rings. The third-order valence-electron chi connectivity index (χ3n) is 3.70. The molecule has 1 heterocycles. The van der Waals surface area contributed by atoms with Crippen LogP contribution in [0.1, 0.15) is 20.7 Å². The number of benzene rings is 2. The molecule has 0 aromatic heterocycles. The third kappa shape index (κ3) is 3.92. The number of hydrogen-bond donors (Lipinski definition) is 3. The summed E-state index contributed by atoms with van der Waals surface area (Å²) in [4.78, 5) is 35.5. The summed E-state index contributed by atoms with van der Waals surface area (Å²) in [7, 11) is 1.54. The van der Waals surface area contributed by atoms with Gasteiger partial charge in [-0.25, -0.2) is 0 Å². The number of hydrogen-bond acceptors (Lipinski definition) is 5. The van der Waals surface area contributed by atoms with E-state index < -0.39 is 5.91 Å². The fourth-order valence-corrected chi connectivity index (χ4v) is 2.35. The highest BCUT2D eigenvalue weighted by Gasteiger charge is 2.16. The van der Waals surface area contributed by atoms with E-state index in [-0.39, 0.29) is 25.2 Å². The lowest BCUT2D eigenvalue weighted by molar-refractivity contribution is -0.115. The van der Waals surface area contributed by atoms with E-state index in [0.29, 0.717) is 28.3 Å². The van der Waals surface area contributed by atoms with Crippen LogP contribution in [0.15, 0.2) is 42.5 Å². The Hall–Kier alpha value is -3.55. The zero-order chi connectivity index (χ0) is 18.5. The molecule has 0 bridgehead atoms. The largest absolute Gasteiger partial charge is 0.454 e. The van der Waals surface area contributed by atoms with E-state index in [0.717, 1.165) is 0 Å². The molecule has 26 heavy (non-hydrogen) atoms. The molecule has 2 aromatic rings. The minimum absolute atomic E-state index is 0.127. The van der Waals surface area contributed by atoms with Crippen LogP contribution in [0.3, 0.4) is 0 Å². The second-order valence-corrected chi connectivity index (χ2v) is 5.46. The van der Waals surface area contributed by atoms with Crippen LogP contribution in [0, 0.1) is 0 Å². The quantitative estimate of drug-likeness (QED) is 0.746. The van der Waals surface area contributed by atoms with Crippen molar-refractivity contribution in [3.63, 3.8) is 0 Å². The van der Waals surface area contributed by atoms with Gasteiger partial charge in [-0.15, -0.1) is 0 Å². The summed E-state index contributed by atoms with van der Waals surface area (Å²) in [5.41, 5.74) is 1.39. The van der Waals surface area contributed by atoms with E-state index in [2.05, 4.69) is 16.0 Å². The predicted molar refractivity (Wildman–Crippen MR) is 93.4 cm³/mol. The summed E-state index contributed by atoms with van der Waals surface area (Å²) < 4.78 is 10.4. The van der Waals surface area contributed by atoms with E-state index in [9.17, 15) is 14.4 Å². The van der Waals surface area contributed by atoms with Crippen molar-refractivity contribution in [3.8, 4) is 11.5 Å². The molecule has 0 fully saturated rings. The lowest BCUT2D eigenvalue weighted by Gasteiger charge is -2.08. The minimum Gasteiger partial charge on any atom is -0.454 e. The Bertz CT molecular complexity index is 848. The van der Waals surface area contributed by atoms with Gasteiger partial charge < -0.3 is 25.4 Å². The smallest absolute Gasteiger partial charge is 0.251 e. The Labute approximate surface area is 149 Å². The van der Waals surface area contributed by atoms with Crippen molar-refractivity contribution in [2.75, 3.05) is 25.7 Å². The van der Waals surface area contributed by atoms with Crippen molar-refractivity contribution in [3.05, 3.63) is 53.6 Å². The van der Waals surface area contributed by atoms with Gasteiger partial charge in [0.2, 0.25) is 12.7 Å². The lowest BCUT2D eigenvalue weighted by atomic mass is 10.2. The Morgan fingerprint density at radius 3 is 2.35 bits per heavy atom. The normalized spacial score (nSPS) is 11.6. The predicted octanol–water partition coefficient (Wildman–Crippen LogP) is 1.14. The van der Waals surface area contributed by atoms with Gasteiger partial charge in [0, 0.05) is 23.9 Å². The maximum Gasteiger partial charge on any atom is 0.251 e. The van der Waals surface area contributed by atoms with Crippen LogP contribution in [0.2, 0.25) is 0 Å². The highest BCUT2D eigenvalue weighted by Crippen LogP contribution is 2.32. The molecule has 0 spiro atoms. The monoisotopic (exact) mass is 355 g/mol. The average molecular weight is 355 g/mol. The van der Waals surface area contributed by atoms with E-state index in [1.54, 1.807) is 49.5 Å². The van der Waals surface area contributed by atoms with Gasteiger partial charge in [0.15, 0.2) is 11.5 Å². The Balaban J connectivity index is 1.52. The first-order valence-corrected chi connectivity index (χ1v) is 7.86. The zero-order valence-electron chi connectivity index (χ0n) is 14.0. The van der Waals surface area contributed by atoms with Crippen LogP contribution in [0.5, 0.6) is 11.5 Å². The summed E-state index contributed by atoms with van der Waals surface area (Å²) in [6.45, 7) is -0.0635. The molecule has 0 radical (unpaired) electrons. The molecule has 3 rings (SSSR count). The number of anilines is 1. The fraction of sp³-hybridized carbons (Fsp3) is 0.167. The molecule has 3 amide bonds. The Kier molecular flexibility index (Phi) is 5.02. The van der Waals surface area contributed by atoms with Gasteiger partial charge in [-0.05, 0) is 42.5 Å². The standard InChI is InChI=1S/C18H17N3O5/c1-19-17(23)11-2-5-13(6-3-11)21-16(22)9-20-18(24)12-4-7-14-15(8-12)26-10-25-14/h2-8H,9-10H2,1H3,(H,19,23)(H,20,24)(H,21,22). The molecule has 2 aromatic carbocycles. The zero-order valence-corrected chi connectivity index (χ0v) is 14.0. The second-order valence-electron chi connectivity index (χ2n) is 5.46. The van der Waals surface area contributed by atoms with E-state index in [1.807, 2.05) is 0 Å². The van der Waals surface area contributed by atoms with E-state index in [1.165, 1.54) is 0 Å². The van der Waals surface area contributed by atoms with Crippen molar-refractivity contribution in [2.45, 2.75) is 0 Å². The molecule has 0 saturated carbocycles. The molecule has 0 saturated heterocycles. The molecule has 0 unspecified atom stereocenters. The van der Waals surface area contributed by atoms with Gasteiger partial charge in [-0.1, -0.05) is 0 Å². The van der Waals surface area contributed by atoms with Gasteiger partial charge in [0.05, 0.1) is 6.54 Å². The topological polar surface area (TPSA) is 106 Å². The van der Waals surface area contributed by atoms with Gasteiger partial charge in [0.1, 0.15) is 0 Å². The number of ether oxygens (including phenoxy) is 2. The van der Waals surface area contributed by atoms with Crippen molar-refractivity contribution < 1.29 is 23.9 Å². The van der Waals surface area contributed by atoms with Crippen LogP contribution in [-0.4, -0.2) is 38.1 Å². The van der Waals surface area contributed by atoms with Crippen molar-refractivity contribution in [2.24, 2.45) is 0 Å².